The summed E-state index contributed by atoms with van der Waals surface area (Å²) in [5.74, 6) is 3.57. The van der Waals surface area contributed by atoms with Gasteiger partial charge in [0.05, 0.1) is 6.26 Å². The molecule has 3 aromatic rings. The monoisotopic (exact) mass is 353 g/mol. The van der Waals surface area contributed by atoms with Crippen molar-refractivity contribution in [1.82, 2.24) is 25.0 Å². The van der Waals surface area contributed by atoms with Crippen LogP contribution in [0.2, 0.25) is 0 Å². The average molecular weight is 353 g/mol. The van der Waals surface area contributed by atoms with Gasteiger partial charge in [-0.15, -0.1) is 0 Å². The van der Waals surface area contributed by atoms with E-state index >= 15 is 0 Å². The summed E-state index contributed by atoms with van der Waals surface area (Å²) in [4.78, 5) is 15.8. The van der Waals surface area contributed by atoms with Crippen molar-refractivity contribution in [2.45, 2.75) is 45.1 Å². The topological polar surface area (TPSA) is 81.1 Å². The Bertz CT molecular complexity index is 818. The van der Waals surface area contributed by atoms with Crippen LogP contribution in [0.3, 0.4) is 0 Å². The molecule has 0 radical (unpaired) electrons. The van der Waals surface area contributed by atoms with Crippen molar-refractivity contribution in [3.8, 4) is 11.6 Å². The molecule has 0 spiro atoms. The lowest BCUT2D eigenvalue weighted by atomic mass is 9.96. The second-order valence-electron chi connectivity index (χ2n) is 7.09. The molecular formula is C19H23N5O2. The summed E-state index contributed by atoms with van der Waals surface area (Å²) in [5, 5.41) is 4.08. The fraction of sp³-hybridized carbons (Fsp3) is 0.474. The fourth-order valence-corrected chi connectivity index (χ4v) is 3.21. The highest BCUT2D eigenvalue weighted by Crippen LogP contribution is 2.28. The van der Waals surface area contributed by atoms with E-state index in [9.17, 15) is 0 Å². The smallest absolute Gasteiger partial charge is 0.229 e. The lowest BCUT2D eigenvalue weighted by molar-refractivity contribution is 0.187. The van der Waals surface area contributed by atoms with E-state index in [1.165, 1.54) is 0 Å². The van der Waals surface area contributed by atoms with Crippen molar-refractivity contribution in [3.05, 3.63) is 48.1 Å². The van der Waals surface area contributed by atoms with Gasteiger partial charge >= 0.3 is 0 Å². The molecule has 7 nitrogen and oxygen atoms in total. The number of hydrogen-bond donors (Lipinski definition) is 0. The van der Waals surface area contributed by atoms with Gasteiger partial charge in [-0.2, -0.15) is 4.98 Å². The van der Waals surface area contributed by atoms with Gasteiger partial charge in [0.2, 0.25) is 5.89 Å². The molecule has 1 fully saturated rings. The predicted octanol–water partition coefficient (Wildman–Crippen LogP) is 3.62. The van der Waals surface area contributed by atoms with E-state index in [0.717, 1.165) is 49.8 Å². The summed E-state index contributed by atoms with van der Waals surface area (Å²) < 4.78 is 10.8. The molecule has 136 valence electrons. The number of likely N-dealkylation sites (tertiary alicyclic amines) is 1. The number of piperidine rings is 1. The van der Waals surface area contributed by atoms with Crippen LogP contribution in [-0.2, 0) is 6.54 Å². The van der Waals surface area contributed by atoms with Crippen LogP contribution < -0.4 is 0 Å². The zero-order valence-corrected chi connectivity index (χ0v) is 15.1. The Morgan fingerprint density at radius 3 is 2.58 bits per heavy atom. The first-order valence-electron chi connectivity index (χ1n) is 9.09. The van der Waals surface area contributed by atoms with Gasteiger partial charge in [0.15, 0.2) is 17.4 Å². The lowest BCUT2D eigenvalue weighted by Gasteiger charge is -2.30. The molecule has 0 atom stereocenters. The molecule has 7 heteroatoms. The van der Waals surface area contributed by atoms with Crippen LogP contribution in [0.4, 0.5) is 0 Å². The highest BCUT2D eigenvalue weighted by molar-refractivity contribution is 5.45. The minimum atomic E-state index is 0.303. The number of nitrogens with zero attached hydrogens (tertiary/aromatic N) is 5. The van der Waals surface area contributed by atoms with Crippen molar-refractivity contribution >= 4 is 0 Å². The van der Waals surface area contributed by atoms with Crippen LogP contribution in [0.5, 0.6) is 0 Å². The summed E-state index contributed by atoms with van der Waals surface area (Å²) >= 11 is 0. The van der Waals surface area contributed by atoms with Gasteiger partial charge in [0.25, 0.3) is 0 Å². The van der Waals surface area contributed by atoms with Gasteiger partial charge < -0.3 is 8.94 Å². The Morgan fingerprint density at radius 2 is 1.96 bits per heavy atom. The summed E-state index contributed by atoms with van der Waals surface area (Å²) in [7, 11) is 0. The Kier molecular flexibility index (Phi) is 4.79. The summed E-state index contributed by atoms with van der Waals surface area (Å²) in [5.41, 5.74) is 1.11. The minimum absolute atomic E-state index is 0.303. The van der Waals surface area contributed by atoms with E-state index in [-0.39, 0.29) is 0 Å². The average Bonchev–Trinajstić information content (AvgIpc) is 3.35. The first kappa shape index (κ1) is 16.9. The third-order valence-electron chi connectivity index (χ3n) is 4.76. The van der Waals surface area contributed by atoms with Crippen LogP contribution in [0.25, 0.3) is 11.6 Å². The van der Waals surface area contributed by atoms with Crippen molar-refractivity contribution < 1.29 is 8.94 Å². The van der Waals surface area contributed by atoms with Gasteiger partial charge in [0.1, 0.15) is 0 Å². The normalized spacial score (nSPS) is 16.4. The van der Waals surface area contributed by atoms with Crippen LogP contribution in [-0.4, -0.2) is 38.1 Å². The SMILES string of the molecule is CC(C)c1noc(C2CCN(Cc3cnc(-c4ccco4)nc3)CC2)n1. The van der Waals surface area contributed by atoms with Gasteiger partial charge in [0, 0.05) is 36.3 Å². The van der Waals surface area contributed by atoms with Gasteiger partial charge in [-0.1, -0.05) is 19.0 Å². The minimum Gasteiger partial charge on any atom is -0.461 e. The highest BCUT2D eigenvalue weighted by Gasteiger charge is 2.25. The Labute approximate surface area is 152 Å². The first-order valence-corrected chi connectivity index (χ1v) is 9.09. The molecule has 0 bridgehead atoms. The van der Waals surface area contributed by atoms with Crippen molar-refractivity contribution in [1.29, 1.82) is 0 Å². The molecule has 4 rings (SSSR count). The zero-order valence-electron chi connectivity index (χ0n) is 15.1. The van der Waals surface area contributed by atoms with E-state index in [1.807, 2.05) is 24.5 Å². The predicted molar refractivity (Wildman–Crippen MR) is 95.4 cm³/mol. The maximum atomic E-state index is 5.46. The third kappa shape index (κ3) is 3.67. The molecule has 0 unspecified atom stereocenters. The molecule has 3 aromatic heterocycles. The van der Waals surface area contributed by atoms with E-state index in [4.69, 9.17) is 8.94 Å². The van der Waals surface area contributed by atoms with E-state index in [0.29, 0.717) is 23.4 Å². The maximum Gasteiger partial charge on any atom is 0.229 e. The van der Waals surface area contributed by atoms with Gasteiger partial charge in [-0.25, -0.2) is 9.97 Å². The summed E-state index contributed by atoms with van der Waals surface area (Å²) in [6, 6.07) is 3.70. The number of hydrogen-bond acceptors (Lipinski definition) is 7. The van der Waals surface area contributed by atoms with Gasteiger partial charge in [-0.05, 0) is 38.1 Å². The lowest BCUT2D eigenvalue weighted by Crippen LogP contribution is -2.32. The van der Waals surface area contributed by atoms with E-state index in [2.05, 4.69) is 38.9 Å². The van der Waals surface area contributed by atoms with Crippen LogP contribution >= 0.6 is 0 Å². The van der Waals surface area contributed by atoms with Crippen LogP contribution in [0.15, 0.2) is 39.7 Å². The molecule has 0 amide bonds. The maximum absolute atomic E-state index is 5.46. The molecule has 26 heavy (non-hydrogen) atoms. The second kappa shape index (κ2) is 7.37. The standard InChI is InChI=1S/C19H23N5O2/c1-13(2)17-22-19(26-23-17)15-5-7-24(8-6-15)12-14-10-20-18(21-11-14)16-4-3-9-25-16/h3-4,9-11,13,15H,5-8,12H2,1-2H3. The van der Waals surface area contributed by atoms with Crippen LogP contribution in [0, 0.1) is 0 Å². The molecule has 0 saturated carbocycles. The fourth-order valence-electron chi connectivity index (χ4n) is 3.21. The van der Waals surface area contributed by atoms with E-state index < -0.39 is 0 Å². The molecule has 4 heterocycles. The quantitative estimate of drug-likeness (QED) is 0.693. The second-order valence-corrected chi connectivity index (χ2v) is 7.09. The molecule has 1 aliphatic heterocycles. The molecule has 0 aromatic carbocycles. The van der Waals surface area contributed by atoms with Gasteiger partial charge in [-0.3, -0.25) is 4.90 Å². The highest BCUT2D eigenvalue weighted by atomic mass is 16.5. The van der Waals surface area contributed by atoms with Crippen molar-refractivity contribution in [2.24, 2.45) is 0 Å². The molecule has 0 aliphatic carbocycles. The summed E-state index contributed by atoms with van der Waals surface area (Å²) in [6.45, 7) is 7.02. The van der Waals surface area contributed by atoms with Crippen molar-refractivity contribution in [3.63, 3.8) is 0 Å². The molecule has 1 aliphatic rings. The molecular weight excluding hydrogens is 330 g/mol. The third-order valence-corrected chi connectivity index (χ3v) is 4.76. The van der Waals surface area contributed by atoms with Crippen LogP contribution in [0.1, 0.15) is 55.8 Å². The number of rotatable bonds is 5. The van der Waals surface area contributed by atoms with Crippen molar-refractivity contribution in [2.75, 3.05) is 13.1 Å². The largest absolute Gasteiger partial charge is 0.461 e. The zero-order chi connectivity index (χ0) is 17.9. The molecule has 0 N–H and O–H groups in total. The Hall–Kier alpha value is -2.54. The van der Waals surface area contributed by atoms with E-state index in [1.54, 1.807) is 6.26 Å². The molecule has 1 saturated heterocycles. The summed E-state index contributed by atoms with van der Waals surface area (Å²) in [6.07, 6.45) is 7.45. The Morgan fingerprint density at radius 1 is 1.19 bits per heavy atom. The number of furan rings is 1. The first-order chi connectivity index (χ1) is 12.7. The number of aromatic nitrogens is 4. The Balaban J connectivity index is 1.32.